The van der Waals surface area contributed by atoms with E-state index in [0.29, 0.717) is 18.3 Å². The SMILES string of the molecule is CC(C)CN(CC(C)C)C(=O)CC1CCCO1. The lowest BCUT2D eigenvalue weighted by molar-refractivity contribution is -0.134. The zero-order chi connectivity index (χ0) is 12.8. The molecule has 1 rings (SSSR count). The van der Waals surface area contributed by atoms with Gasteiger partial charge < -0.3 is 9.64 Å². The van der Waals surface area contributed by atoms with Crippen molar-refractivity contribution in [2.24, 2.45) is 11.8 Å². The van der Waals surface area contributed by atoms with Crippen LogP contribution in [-0.2, 0) is 9.53 Å². The van der Waals surface area contributed by atoms with Crippen LogP contribution in [-0.4, -0.2) is 36.6 Å². The van der Waals surface area contributed by atoms with Gasteiger partial charge in [-0.1, -0.05) is 27.7 Å². The number of ether oxygens (including phenoxy) is 1. The monoisotopic (exact) mass is 241 g/mol. The highest BCUT2D eigenvalue weighted by atomic mass is 16.5. The van der Waals surface area contributed by atoms with Crippen molar-refractivity contribution in [3.63, 3.8) is 0 Å². The topological polar surface area (TPSA) is 29.5 Å². The van der Waals surface area contributed by atoms with E-state index in [2.05, 4.69) is 27.7 Å². The first kappa shape index (κ1) is 14.5. The zero-order valence-electron chi connectivity index (χ0n) is 11.7. The summed E-state index contributed by atoms with van der Waals surface area (Å²) in [6.07, 6.45) is 2.89. The highest BCUT2D eigenvalue weighted by Crippen LogP contribution is 2.17. The standard InChI is InChI=1S/C14H27NO2/c1-11(2)9-15(10-12(3)4)14(16)8-13-6-5-7-17-13/h11-13H,5-10H2,1-4H3. The summed E-state index contributed by atoms with van der Waals surface area (Å²) in [7, 11) is 0. The molecule has 0 aromatic carbocycles. The summed E-state index contributed by atoms with van der Waals surface area (Å²) in [6, 6.07) is 0. The molecule has 3 heteroatoms. The molecule has 0 aromatic rings. The van der Waals surface area contributed by atoms with E-state index in [0.717, 1.165) is 32.5 Å². The van der Waals surface area contributed by atoms with Gasteiger partial charge in [0.1, 0.15) is 0 Å². The largest absolute Gasteiger partial charge is 0.378 e. The molecule has 17 heavy (non-hydrogen) atoms. The predicted octanol–water partition coefficient (Wildman–Crippen LogP) is 2.70. The average molecular weight is 241 g/mol. The number of rotatable bonds is 6. The van der Waals surface area contributed by atoms with E-state index < -0.39 is 0 Å². The van der Waals surface area contributed by atoms with Crippen molar-refractivity contribution in [3.8, 4) is 0 Å². The van der Waals surface area contributed by atoms with Crippen LogP contribution in [0.25, 0.3) is 0 Å². The van der Waals surface area contributed by atoms with Crippen molar-refractivity contribution in [1.82, 2.24) is 4.90 Å². The van der Waals surface area contributed by atoms with Crippen LogP contribution >= 0.6 is 0 Å². The molecule has 1 aliphatic rings. The predicted molar refractivity (Wildman–Crippen MR) is 69.8 cm³/mol. The molecule has 1 heterocycles. The van der Waals surface area contributed by atoms with Gasteiger partial charge in [0.25, 0.3) is 0 Å². The van der Waals surface area contributed by atoms with Gasteiger partial charge in [-0.25, -0.2) is 0 Å². The number of nitrogens with zero attached hydrogens (tertiary/aromatic N) is 1. The molecule has 3 nitrogen and oxygen atoms in total. The highest BCUT2D eigenvalue weighted by Gasteiger charge is 2.23. The summed E-state index contributed by atoms with van der Waals surface area (Å²) in [6.45, 7) is 11.2. The molecule has 1 amide bonds. The first-order valence-electron chi connectivity index (χ1n) is 6.88. The Balaban J connectivity index is 2.45. The van der Waals surface area contributed by atoms with Gasteiger partial charge in [-0.2, -0.15) is 0 Å². The van der Waals surface area contributed by atoms with Gasteiger partial charge in [-0.15, -0.1) is 0 Å². The maximum Gasteiger partial charge on any atom is 0.225 e. The molecule has 1 fully saturated rings. The van der Waals surface area contributed by atoms with E-state index in [-0.39, 0.29) is 12.0 Å². The molecule has 1 atom stereocenters. The maximum absolute atomic E-state index is 12.2. The molecular formula is C14H27NO2. The van der Waals surface area contributed by atoms with Crippen LogP contribution in [0.2, 0.25) is 0 Å². The molecule has 0 aliphatic carbocycles. The van der Waals surface area contributed by atoms with E-state index in [1.165, 1.54) is 0 Å². The van der Waals surface area contributed by atoms with Gasteiger partial charge in [-0.3, -0.25) is 4.79 Å². The van der Waals surface area contributed by atoms with Gasteiger partial charge in [0.15, 0.2) is 0 Å². The fourth-order valence-electron chi connectivity index (χ4n) is 2.29. The normalized spacial score (nSPS) is 20.2. The minimum atomic E-state index is 0.171. The fourth-order valence-corrected chi connectivity index (χ4v) is 2.29. The molecule has 1 saturated heterocycles. The Morgan fingerprint density at radius 1 is 1.24 bits per heavy atom. The Morgan fingerprint density at radius 3 is 2.24 bits per heavy atom. The number of carbonyl (C=O) groups is 1. The molecule has 0 radical (unpaired) electrons. The number of carbonyl (C=O) groups excluding carboxylic acids is 1. The van der Waals surface area contributed by atoms with Crippen molar-refractivity contribution in [2.75, 3.05) is 19.7 Å². The van der Waals surface area contributed by atoms with E-state index in [9.17, 15) is 4.79 Å². The quantitative estimate of drug-likeness (QED) is 0.715. The third-order valence-electron chi connectivity index (χ3n) is 2.95. The Bertz CT molecular complexity index is 222. The fraction of sp³-hybridized carbons (Fsp3) is 0.929. The molecule has 0 spiro atoms. The zero-order valence-corrected chi connectivity index (χ0v) is 11.7. The van der Waals surface area contributed by atoms with Gasteiger partial charge >= 0.3 is 0 Å². The van der Waals surface area contributed by atoms with Crippen molar-refractivity contribution in [1.29, 1.82) is 0 Å². The lowest BCUT2D eigenvalue weighted by atomic mass is 10.1. The molecule has 1 unspecified atom stereocenters. The van der Waals surface area contributed by atoms with Crippen molar-refractivity contribution in [3.05, 3.63) is 0 Å². The third-order valence-corrected chi connectivity index (χ3v) is 2.95. The molecule has 0 saturated carbocycles. The lowest BCUT2D eigenvalue weighted by Crippen LogP contribution is -2.38. The lowest BCUT2D eigenvalue weighted by Gasteiger charge is -2.27. The smallest absolute Gasteiger partial charge is 0.225 e. The van der Waals surface area contributed by atoms with Crippen LogP contribution in [0.15, 0.2) is 0 Å². The summed E-state index contributed by atoms with van der Waals surface area (Å²) >= 11 is 0. The summed E-state index contributed by atoms with van der Waals surface area (Å²) in [5.41, 5.74) is 0. The van der Waals surface area contributed by atoms with E-state index in [4.69, 9.17) is 4.74 Å². The van der Waals surface area contributed by atoms with Crippen LogP contribution in [0, 0.1) is 11.8 Å². The molecule has 0 bridgehead atoms. The Labute approximate surface area is 106 Å². The van der Waals surface area contributed by atoms with Crippen LogP contribution in [0.3, 0.4) is 0 Å². The molecule has 1 aliphatic heterocycles. The highest BCUT2D eigenvalue weighted by molar-refractivity contribution is 5.76. The summed E-state index contributed by atoms with van der Waals surface area (Å²) in [4.78, 5) is 14.2. The van der Waals surface area contributed by atoms with Crippen LogP contribution in [0.1, 0.15) is 47.0 Å². The molecule has 0 aromatic heterocycles. The van der Waals surface area contributed by atoms with Gasteiger partial charge in [0.2, 0.25) is 5.91 Å². The van der Waals surface area contributed by atoms with Crippen LogP contribution < -0.4 is 0 Å². The maximum atomic E-state index is 12.2. The summed E-state index contributed by atoms with van der Waals surface area (Å²) < 4.78 is 5.54. The second kappa shape index (κ2) is 7.00. The van der Waals surface area contributed by atoms with Gasteiger partial charge in [0, 0.05) is 19.7 Å². The number of hydrogen-bond acceptors (Lipinski definition) is 2. The second-order valence-electron chi connectivity index (χ2n) is 5.93. The third kappa shape index (κ3) is 5.53. The Hall–Kier alpha value is -0.570. The van der Waals surface area contributed by atoms with E-state index in [1.54, 1.807) is 0 Å². The molecular weight excluding hydrogens is 214 g/mol. The average Bonchev–Trinajstić information content (AvgIpc) is 2.67. The first-order chi connectivity index (χ1) is 7.99. The Kier molecular flexibility index (Phi) is 5.96. The molecule has 100 valence electrons. The number of amides is 1. The molecule has 0 N–H and O–H groups in total. The van der Waals surface area contributed by atoms with Crippen molar-refractivity contribution < 1.29 is 9.53 Å². The Morgan fingerprint density at radius 2 is 1.82 bits per heavy atom. The second-order valence-corrected chi connectivity index (χ2v) is 5.93. The minimum absolute atomic E-state index is 0.171. The van der Waals surface area contributed by atoms with Gasteiger partial charge in [-0.05, 0) is 24.7 Å². The van der Waals surface area contributed by atoms with Crippen molar-refractivity contribution >= 4 is 5.91 Å². The minimum Gasteiger partial charge on any atom is -0.378 e. The van der Waals surface area contributed by atoms with Crippen molar-refractivity contribution in [2.45, 2.75) is 53.1 Å². The van der Waals surface area contributed by atoms with Gasteiger partial charge in [0.05, 0.1) is 12.5 Å². The first-order valence-corrected chi connectivity index (χ1v) is 6.88. The van der Waals surface area contributed by atoms with E-state index >= 15 is 0 Å². The van der Waals surface area contributed by atoms with Crippen LogP contribution in [0.5, 0.6) is 0 Å². The van der Waals surface area contributed by atoms with Crippen LogP contribution in [0.4, 0.5) is 0 Å². The number of hydrogen-bond donors (Lipinski definition) is 0. The summed E-state index contributed by atoms with van der Waals surface area (Å²) in [5, 5.41) is 0. The summed E-state index contributed by atoms with van der Waals surface area (Å²) in [5.74, 6) is 1.32. The van der Waals surface area contributed by atoms with E-state index in [1.807, 2.05) is 4.90 Å².